The monoisotopic (exact) mass is 239 g/mol. The first-order valence-corrected chi connectivity index (χ1v) is 5.35. The summed E-state index contributed by atoms with van der Waals surface area (Å²) in [5.74, 6) is 0. The predicted octanol–water partition coefficient (Wildman–Crippen LogP) is 2.44. The minimum atomic E-state index is -0.179. The van der Waals surface area contributed by atoms with Crippen molar-refractivity contribution in [1.82, 2.24) is 0 Å². The van der Waals surface area contributed by atoms with Crippen LogP contribution in [0.1, 0.15) is 24.4 Å². The van der Waals surface area contributed by atoms with E-state index in [-0.39, 0.29) is 30.5 Å². The van der Waals surface area contributed by atoms with Crippen LogP contribution in [-0.4, -0.2) is 11.7 Å². The summed E-state index contributed by atoms with van der Waals surface area (Å²) in [4.78, 5) is 0. The molecule has 1 aromatic rings. The molecule has 0 radical (unpaired) electrons. The Bertz CT molecular complexity index is 342. The number of nitrogens with two attached hydrogens (primary N) is 1. The van der Waals surface area contributed by atoms with Gasteiger partial charge in [-0.05, 0) is 18.4 Å². The van der Waals surface area contributed by atoms with Crippen molar-refractivity contribution >= 4 is 12.4 Å². The van der Waals surface area contributed by atoms with E-state index >= 15 is 0 Å². The zero-order valence-electron chi connectivity index (χ0n) is 9.17. The summed E-state index contributed by atoms with van der Waals surface area (Å²) in [6.07, 6.45) is 5.97. The topological polar surface area (TPSA) is 46.2 Å². The Morgan fingerprint density at radius 1 is 1.19 bits per heavy atom. The first-order chi connectivity index (χ1) is 7.28. The molecule has 1 atom stereocenters. The molecule has 0 spiro atoms. The molecule has 16 heavy (non-hydrogen) atoms. The van der Waals surface area contributed by atoms with E-state index in [1.165, 1.54) is 0 Å². The highest BCUT2D eigenvalue weighted by Crippen LogP contribution is 2.42. The van der Waals surface area contributed by atoms with Gasteiger partial charge in [0.2, 0.25) is 0 Å². The van der Waals surface area contributed by atoms with Crippen molar-refractivity contribution in [3.05, 3.63) is 48.0 Å². The molecule has 0 aliphatic heterocycles. The molecule has 1 aliphatic carbocycles. The van der Waals surface area contributed by atoms with Gasteiger partial charge in [-0.1, -0.05) is 42.5 Å². The van der Waals surface area contributed by atoms with E-state index in [9.17, 15) is 5.11 Å². The van der Waals surface area contributed by atoms with Crippen molar-refractivity contribution < 1.29 is 5.11 Å². The molecule has 0 aromatic heterocycles. The van der Waals surface area contributed by atoms with Gasteiger partial charge >= 0.3 is 0 Å². The predicted molar refractivity (Wildman–Crippen MR) is 68.5 cm³/mol. The van der Waals surface area contributed by atoms with E-state index in [0.717, 1.165) is 18.4 Å². The van der Waals surface area contributed by atoms with Crippen molar-refractivity contribution in [1.29, 1.82) is 0 Å². The molecule has 0 bridgehead atoms. The number of hydrogen-bond acceptors (Lipinski definition) is 2. The molecular formula is C13H18ClNO. The quantitative estimate of drug-likeness (QED) is 0.796. The summed E-state index contributed by atoms with van der Waals surface area (Å²) in [5.41, 5.74) is 7.17. The van der Waals surface area contributed by atoms with Crippen molar-refractivity contribution in [3.63, 3.8) is 0 Å². The van der Waals surface area contributed by atoms with Gasteiger partial charge in [0.1, 0.15) is 0 Å². The van der Waals surface area contributed by atoms with Gasteiger partial charge in [0.25, 0.3) is 0 Å². The number of halogens is 1. The van der Waals surface area contributed by atoms with Crippen LogP contribution in [0.2, 0.25) is 0 Å². The minimum Gasteiger partial charge on any atom is -0.396 e. The van der Waals surface area contributed by atoms with Crippen LogP contribution in [0, 0.1) is 5.41 Å². The largest absolute Gasteiger partial charge is 0.396 e. The van der Waals surface area contributed by atoms with Gasteiger partial charge in [0.15, 0.2) is 0 Å². The highest BCUT2D eigenvalue weighted by atomic mass is 35.5. The molecule has 1 aromatic carbocycles. The van der Waals surface area contributed by atoms with E-state index in [1.54, 1.807) is 0 Å². The van der Waals surface area contributed by atoms with Gasteiger partial charge < -0.3 is 10.8 Å². The van der Waals surface area contributed by atoms with Gasteiger partial charge in [0, 0.05) is 11.5 Å². The van der Waals surface area contributed by atoms with Crippen LogP contribution in [-0.2, 0) is 0 Å². The van der Waals surface area contributed by atoms with Gasteiger partial charge in [-0.2, -0.15) is 0 Å². The second-order valence-corrected chi connectivity index (χ2v) is 4.29. The van der Waals surface area contributed by atoms with Crippen LogP contribution in [0.15, 0.2) is 42.5 Å². The van der Waals surface area contributed by atoms with Crippen molar-refractivity contribution in [2.75, 3.05) is 6.61 Å². The molecule has 3 heteroatoms. The second-order valence-electron chi connectivity index (χ2n) is 4.29. The highest BCUT2D eigenvalue weighted by Gasteiger charge is 2.37. The molecule has 88 valence electrons. The SMILES string of the molecule is Cl.NC(c1ccccc1)C1(CO)CC=CC1. The lowest BCUT2D eigenvalue weighted by molar-refractivity contribution is 0.108. The Morgan fingerprint density at radius 2 is 1.75 bits per heavy atom. The Hall–Kier alpha value is -0.830. The molecule has 0 heterocycles. The number of aliphatic hydroxyl groups is 1. The third kappa shape index (κ3) is 2.29. The Balaban J connectivity index is 0.00000128. The number of rotatable bonds is 3. The van der Waals surface area contributed by atoms with E-state index in [2.05, 4.69) is 12.2 Å². The smallest absolute Gasteiger partial charge is 0.0511 e. The fourth-order valence-electron chi connectivity index (χ4n) is 2.21. The number of hydrogen-bond donors (Lipinski definition) is 2. The fraction of sp³-hybridized carbons (Fsp3) is 0.385. The average Bonchev–Trinajstić information content (AvgIpc) is 2.79. The van der Waals surface area contributed by atoms with Crippen LogP contribution >= 0.6 is 12.4 Å². The maximum absolute atomic E-state index is 9.53. The molecule has 2 rings (SSSR count). The van der Waals surface area contributed by atoms with Gasteiger partial charge in [-0.15, -0.1) is 12.4 Å². The molecule has 1 aliphatic rings. The van der Waals surface area contributed by atoms with Crippen molar-refractivity contribution in [3.8, 4) is 0 Å². The molecular weight excluding hydrogens is 222 g/mol. The van der Waals surface area contributed by atoms with E-state index in [1.807, 2.05) is 30.3 Å². The van der Waals surface area contributed by atoms with Crippen LogP contribution in [0.3, 0.4) is 0 Å². The van der Waals surface area contributed by atoms with Crippen molar-refractivity contribution in [2.24, 2.45) is 11.1 Å². The van der Waals surface area contributed by atoms with E-state index in [0.29, 0.717) is 0 Å². The Kier molecular flexibility index (Phi) is 4.54. The molecule has 0 amide bonds. The fourth-order valence-corrected chi connectivity index (χ4v) is 2.21. The standard InChI is InChI=1S/C13H17NO.ClH/c14-12(11-6-2-1-3-7-11)13(10-15)8-4-5-9-13;/h1-7,12,15H,8-10,14H2;1H. The summed E-state index contributed by atoms with van der Waals surface area (Å²) < 4.78 is 0. The molecule has 2 nitrogen and oxygen atoms in total. The molecule has 1 unspecified atom stereocenters. The Morgan fingerprint density at radius 3 is 2.25 bits per heavy atom. The highest BCUT2D eigenvalue weighted by molar-refractivity contribution is 5.85. The third-order valence-electron chi connectivity index (χ3n) is 3.35. The van der Waals surface area contributed by atoms with Crippen LogP contribution < -0.4 is 5.73 Å². The summed E-state index contributed by atoms with van der Waals surface area (Å²) in [5, 5.41) is 9.53. The first-order valence-electron chi connectivity index (χ1n) is 5.35. The minimum absolute atomic E-state index is 0. The van der Waals surface area contributed by atoms with Crippen molar-refractivity contribution in [2.45, 2.75) is 18.9 Å². The normalized spacial score (nSPS) is 19.1. The van der Waals surface area contributed by atoms with Gasteiger partial charge in [0.05, 0.1) is 6.61 Å². The molecule has 0 saturated carbocycles. The first kappa shape index (κ1) is 13.2. The number of benzene rings is 1. The maximum Gasteiger partial charge on any atom is 0.0511 e. The Labute approximate surface area is 103 Å². The van der Waals surface area contributed by atoms with Crippen LogP contribution in [0.4, 0.5) is 0 Å². The summed E-state index contributed by atoms with van der Waals surface area (Å²) in [7, 11) is 0. The summed E-state index contributed by atoms with van der Waals surface area (Å²) >= 11 is 0. The summed E-state index contributed by atoms with van der Waals surface area (Å²) in [6.45, 7) is 0.149. The molecule has 3 N–H and O–H groups in total. The van der Waals surface area contributed by atoms with E-state index in [4.69, 9.17) is 5.73 Å². The van der Waals surface area contributed by atoms with Gasteiger partial charge in [-0.25, -0.2) is 0 Å². The zero-order valence-corrected chi connectivity index (χ0v) is 9.99. The van der Waals surface area contributed by atoms with E-state index < -0.39 is 0 Å². The lowest BCUT2D eigenvalue weighted by Crippen LogP contribution is -2.35. The third-order valence-corrected chi connectivity index (χ3v) is 3.35. The average molecular weight is 240 g/mol. The number of aliphatic hydroxyl groups excluding tert-OH is 1. The second kappa shape index (κ2) is 5.48. The maximum atomic E-state index is 9.53. The van der Waals surface area contributed by atoms with Crippen LogP contribution in [0.25, 0.3) is 0 Å². The zero-order chi connectivity index (χ0) is 10.7. The molecule has 0 fully saturated rings. The summed E-state index contributed by atoms with van der Waals surface area (Å²) in [6, 6.07) is 9.93. The van der Waals surface area contributed by atoms with Crippen LogP contribution in [0.5, 0.6) is 0 Å². The lowest BCUT2D eigenvalue weighted by Gasteiger charge is -2.33. The number of allylic oxidation sites excluding steroid dienone is 2. The lowest BCUT2D eigenvalue weighted by atomic mass is 9.76. The van der Waals surface area contributed by atoms with Gasteiger partial charge in [-0.3, -0.25) is 0 Å². The molecule has 0 saturated heterocycles.